The third kappa shape index (κ3) is 2.81. The van der Waals surface area contributed by atoms with Crippen molar-refractivity contribution in [3.05, 3.63) is 34.6 Å². The fourth-order valence-electron chi connectivity index (χ4n) is 3.75. The number of likely N-dealkylation sites (tertiary alicyclic amines) is 2. The molecule has 0 unspecified atom stereocenters. The summed E-state index contributed by atoms with van der Waals surface area (Å²) < 4.78 is 13.1. The molecule has 7 heteroatoms. The van der Waals surface area contributed by atoms with Crippen molar-refractivity contribution in [2.45, 2.75) is 6.42 Å². The quantitative estimate of drug-likeness (QED) is 0.905. The van der Waals surface area contributed by atoms with Crippen molar-refractivity contribution >= 4 is 23.5 Å². The van der Waals surface area contributed by atoms with Gasteiger partial charge in [-0.3, -0.25) is 9.59 Å². The van der Waals surface area contributed by atoms with Crippen LogP contribution in [0, 0.1) is 17.2 Å². The van der Waals surface area contributed by atoms with Crippen LogP contribution in [-0.2, 0) is 16.0 Å². The second-order valence-corrected chi connectivity index (χ2v) is 6.95. The molecule has 23 heavy (non-hydrogen) atoms. The molecular weight excluding hydrogens is 323 g/mol. The molecule has 2 atom stereocenters. The zero-order valence-electron chi connectivity index (χ0n) is 12.8. The van der Waals surface area contributed by atoms with Crippen molar-refractivity contribution in [3.63, 3.8) is 0 Å². The van der Waals surface area contributed by atoms with Crippen LogP contribution in [0.15, 0.2) is 18.2 Å². The van der Waals surface area contributed by atoms with Crippen LogP contribution in [0.4, 0.5) is 4.39 Å². The van der Waals surface area contributed by atoms with Crippen molar-refractivity contribution in [3.8, 4) is 0 Å². The van der Waals surface area contributed by atoms with E-state index in [2.05, 4.69) is 0 Å². The number of benzene rings is 1. The van der Waals surface area contributed by atoms with Gasteiger partial charge in [0.15, 0.2) is 0 Å². The van der Waals surface area contributed by atoms with Gasteiger partial charge < -0.3 is 14.9 Å². The number of halogens is 2. The maximum absolute atomic E-state index is 13.1. The molecule has 0 bridgehead atoms. The van der Waals surface area contributed by atoms with Gasteiger partial charge in [0.2, 0.25) is 5.91 Å². The number of carboxylic acids is 1. The highest BCUT2D eigenvalue weighted by molar-refractivity contribution is 6.31. The number of hydrogen-bond acceptors (Lipinski definition) is 3. The molecular formula is C16H18ClFN2O3. The molecule has 2 aliphatic heterocycles. The molecule has 0 aromatic heterocycles. The standard InChI is InChI=1S/C16H18ClFN2O3/c1-19-6-11-7-20(9-16(11,8-19)15(22)23)14(21)4-10-2-3-12(18)5-13(10)17/h2-3,5,11H,4,6-9H2,1H3,(H,22,23)/t11-,16-/m0/s1. The highest BCUT2D eigenvalue weighted by atomic mass is 35.5. The van der Waals surface area contributed by atoms with E-state index < -0.39 is 17.2 Å². The average molecular weight is 341 g/mol. The van der Waals surface area contributed by atoms with Crippen LogP contribution in [-0.4, -0.2) is 60.0 Å². The van der Waals surface area contributed by atoms with E-state index in [-0.39, 0.29) is 29.8 Å². The lowest BCUT2D eigenvalue weighted by Gasteiger charge is -2.24. The zero-order valence-corrected chi connectivity index (χ0v) is 13.5. The topological polar surface area (TPSA) is 60.9 Å². The number of nitrogens with zero attached hydrogens (tertiary/aromatic N) is 2. The molecule has 2 saturated heterocycles. The van der Waals surface area contributed by atoms with Crippen LogP contribution in [0.5, 0.6) is 0 Å². The van der Waals surface area contributed by atoms with Gasteiger partial charge in [-0.25, -0.2) is 4.39 Å². The first kappa shape index (κ1) is 16.2. The molecule has 1 amide bonds. The van der Waals surface area contributed by atoms with Crippen molar-refractivity contribution < 1.29 is 19.1 Å². The minimum absolute atomic E-state index is 0.0529. The minimum Gasteiger partial charge on any atom is -0.481 e. The minimum atomic E-state index is -0.878. The molecule has 5 nitrogen and oxygen atoms in total. The van der Waals surface area contributed by atoms with Gasteiger partial charge in [-0.1, -0.05) is 17.7 Å². The third-order valence-corrected chi connectivity index (χ3v) is 5.27. The lowest BCUT2D eigenvalue weighted by molar-refractivity contribution is -0.149. The summed E-state index contributed by atoms with van der Waals surface area (Å²) in [5.74, 6) is -1.52. The predicted octanol–water partition coefficient (Wildman–Crippen LogP) is 1.50. The van der Waals surface area contributed by atoms with Gasteiger partial charge in [-0.15, -0.1) is 0 Å². The van der Waals surface area contributed by atoms with E-state index in [9.17, 15) is 19.1 Å². The first-order valence-corrected chi connectivity index (χ1v) is 7.83. The monoisotopic (exact) mass is 340 g/mol. The second-order valence-electron chi connectivity index (χ2n) is 6.54. The fourth-order valence-corrected chi connectivity index (χ4v) is 3.98. The summed E-state index contributed by atoms with van der Waals surface area (Å²) in [6.45, 7) is 1.78. The number of amides is 1. The van der Waals surface area contributed by atoms with Gasteiger partial charge in [0.1, 0.15) is 11.2 Å². The van der Waals surface area contributed by atoms with Crippen molar-refractivity contribution in [1.29, 1.82) is 0 Å². The lowest BCUT2D eigenvalue weighted by Crippen LogP contribution is -2.41. The van der Waals surface area contributed by atoms with Crippen molar-refractivity contribution in [2.24, 2.45) is 11.3 Å². The molecule has 0 radical (unpaired) electrons. The van der Waals surface area contributed by atoms with Crippen LogP contribution >= 0.6 is 11.6 Å². The molecule has 124 valence electrons. The molecule has 1 aromatic carbocycles. The Kier molecular flexibility index (Phi) is 4.06. The van der Waals surface area contributed by atoms with Gasteiger partial charge >= 0.3 is 5.97 Å². The summed E-state index contributed by atoms with van der Waals surface area (Å²) in [7, 11) is 1.90. The largest absolute Gasteiger partial charge is 0.481 e. The molecule has 2 heterocycles. The second kappa shape index (κ2) is 5.76. The first-order chi connectivity index (χ1) is 10.8. The highest BCUT2D eigenvalue weighted by Gasteiger charge is 2.57. The Morgan fingerprint density at radius 1 is 1.39 bits per heavy atom. The van der Waals surface area contributed by atoms with Crippen molar-refractivity contribution in [1.82, 2.24) is 9.80 Å². The summed E-state index contributed by atoms with van der Waals surface area (Å²) in [4.78, 5) is 27.8. The number of carboxylic acid groups (broad SMARTS) is 1. The average Bonchev–Trinajstić information content (AvgIpc) is 2.95. The van der Waals surface area contributed by atoms with Crippen LogP contribution < -0.4 is 0 Å². The fraction of sp³-hybridized carbons (Fsp3) is 0.500. The van der Waals surface area contributed by atoms with E-state index in [0.29, 0.717) is 25.2 Å². The lowest BCUT2D eigenvalue weighted by atomic mass is 9.81. The SMILES string of the molecule is CN1C[C@H]2CN(C(=O)Cc3ccc(F)cc3Cl)C[C@@]2(C(=O)O)C1. The summed E-state index contributed by atoms with van der Waals surface area (Å²) in [5, 5.41) is 9.84. The molecule has 2 aliphatic rings. The number of rotatable bonds is 3. The summed E-state index contributed by atoms with van der Waals surface area (Å²) in [6.07, 6.45) is 0.0529. The summed E-state index contributed by atoms with van der Waals surface area (Å²) >= 11 is 5.96. The molecule has 3 rings (SSSR count). The molecule has 0 spiro atoms. The smallest absolute Gasteiger partial charge is 0.313 e. The Bertz CT molecular complexity index is 669. The Labute approximate surface area is 138 Å². The van der Waals surface area contributed by atoms with E-state index in [0.717, 1.165) is 0 Å². The highest BCUT2D eigenvalue weighted by Crippen LogP contribution is 2.42. The molecule has 2 fully saturated rings. The predicted molar refractivity (Wildman–Crippen MR) is 82.7 cm³/mol. The van der Waals surface area contributed by atoms with Crippen LogP contribution in [0.25, 0.3) is 0 Å². The number of aliphatic carboxylic acids is 1. The normalized spacial score (nSPS) is 27.3. The Hall–Kier alpha value is -1.66. The molecule has 1 N–H and O–H groups in total. The van der Waals surface area contributed by atoms with Crippen LogP contribution in [0.3, 0.4) is 0 Å². The number of carbonyl (C=O) groups excluding carboxylic acids is 1. The maximum Gasteiger partial charge on any atom is 0.313 e. The number of carbonyl (C=O) groups is 2. The van der Waals surface area contributed by atoms with Gasteiger partial charge in [0.25, 0.3) is 0 Å². The van der Waals surface area contributed by atoms with Gasteiger partial charge in [0.05, 0.1) is 6.42 Å². The third-order valence-electron chi connectivity index (χ3n) is 4.91. The van der Waals surface area contributed by atoms with Crippen LogP contribution in [0.1, 0.15) is 5.56 Å². The van der Waals surface area contributed by atoms with E-state index in [1.165, 1.54) is 18.2 Å². The van der Waals surface area contributed by atoms with Gasteiger partial charge in [-0.05, 0) is 24.7 Å². The Morgan fingerprint density at radius 2 is 2.13 bits per heavy atom. The summed E-state index contributed by atoms with van der Waals surface area (Å²) in [6, 6.07) is 3.94. The molecule has 1 aromatic rings. The Balaban J connectivity index is 1.74. The molecule has 0 saturated carbocycles. The zero-order chi connectivity index (χ0) is 16.8. The van der Waals surface area contributed by atoms with Gasteiger partial charge in [0, 0.05) is 37.1 Å². The van der Waals surface area contributed by atoms with E-state index in [4.69, 9.17) is 11.6 Å². The van der Waals surface area contributed by atoms with E-state index >= 15 is 0 Å². The number of fused-ring (bicyclic) bond motifs is 1. The molecule has 0 aliphatic carbocycles. The van der Waals surface area contributed by atoms with E-state index in [1.54, 1.807) is 4.90 Å². The van der Waals surface area contributed by atoms with E-state index in [1.807, 2.05) is 11.9 Å². The van der Waals surface area contributed by atoms with Crippen molar-refractivity contribution in [2.75, 3.05) is 33.2 Å². The maximum atomic E-state index is 13.1. The Morgan fingerprint density at radius 3 is 2.74 bits per heavy atom. The van der Waals surface area contributed by atoms with Crippen LogP contribution in [0.2, 0.25) is 5.02 Å². The number of hydrogen-bond donors (Lipinski definition) is 1. The van der Waals surface area contributed by atoms with Gasteiger partial charge in [-0.2, -0.15) is 0 Å². The summed E-state index contributed by atoms with van der Waals surface area (Å²) in [5.41, 5.74) is -0.326. The first-order valence-electron chi connectivity index (χ1n) is 7.45.